The Labute approximate surface area is 84.5 Å². The van der Waals surface area contributed by atoms with Crippen molar-refractivity contribution in [3.05, 3.63) is 17.0 Å². The lowest BCUT2D eigenvalue weighted by molar-refractivity contribution is 0.0835. The second kappa shape index (κ2) is 3.59. The summed E-state index contributed by atoms with van der Waals surface area (Å²) in [4.78, 5) is 7.94. The third kappa shape index (κ3) is 1.97. The minimum Gasteiger partial charge on any atom is -0.393 e. The second-order valence-electron chi connectivity index (χ2n) is 3.19. The van der Waals surface area contributed by atoms with Crippen molar-refractivity contribution < 1.29 is 5.11 Å². The first-order valence-electron chi connectivity index (χ1n) is 4.16. The van der Waals surface area contributed by atoms with Crippen molar-refractivity contribution in [2.75, 3.05) is 5.32 Å². The minimum absolute atomic E-state index is 0.141. The van der Waals surface area contributed by atoms with Gasteiger partial charge in [-0.2, -0.15) is 0 Å². The Morgan fingerprint density at radius 1 is 1.54 bits per heavy atom. The fraction of sp³-hybridized carbons (Fsp3) is 0.500. The van der Waals surface area contributed by atoms with Gasteiger partial charge in [-0.3, -0.25) is 0 Å². The van der Waals surface area contributed by atoms with Crippen molar-refractivity contribution in [1.29, 1.82) is 0 Å². The molecule has 4 nitrogen and oxygen atoms in total. The van der Waals surface area contributed by atoms with E-state index in [0.717, 1.165) is 23.1 Å². The van der Waals surface area contributed by atoms with Gasteiger partial charge in [0.2, 0.25) is 0 Å². The average molecular weight is 244 g/mol. The molecule has 1 saturated carbocycles. The minimum atomic E-state index is -0.141. The monoisotopic (exact) mass is 243 g/mol. The Morgan fingerprint density at radius 3 is 2.92 bits per heavy atom. The molecule has 0 saturated heterocycles. The molecule has 0 radical (unpaired) electrons. The van der Waals surface area contributed by atoms with E-state index in [0.29, 0.717) is 6.04 Å². The van der Waals surface area contributed by atoms with Gasteiger partial charge in [-0.1, -0.05) is 0 Å². The number of rotatable bonds is 2. The Morgan fingerprint density at radius 2 is 2.31 bits per heavy atom. The predicted octanol–water partition coefficient (Wildman–Crippen LogP) is 1.17. The largest absolute Gasteiger partial charge is 0.393 e. The Kier molecular flexibility index (Phi) is 2.46. The molecular weight excluding hydrogens is 234 g/mol. The van der Waals surface area contributed by atoms with Gasteiger partial charge in [0, 0.05) is 12.2 Å². The summed E-state index contributed by atoms with van der Waals surface area (Å²) in [5.74, 6) is 0.798. The highest BCUT2D eigenvalue weighted by atomic mass is 79.9. The Hall–Kier alpha value is -0.680. The second-order valence-corrected chi connectivity index (χ2v) is 4.04. The number of nitrogens with zero attached hydrogens (tertiary/aromatic N) is 2. The van der Waals surface area contributed by atoms with Crippen LogP contribution in [0, 0.1) is 0 Å². The van der Waals surface area contributed by atoms with Gasteiger partial charge in [-0.25, -0.2) is 9.97 Å². The highest BCUT2D eigenvalue weighted by Gasteiger charge is 2.27. The number of aromatic nitrogens is 2. The molecule has 70 valence electrons. The molecule has 1 heterocycles. The summed E-state index contributed by atoms with van der Waals surface area (Å²) < 4.78 is 0.858. The van der Waals surface area contributed by atoms with E-state index >= 15 is 0 Å². The van der Waals surface area contributed by atoms with Crippen LogP contribution in [0.1, 0.15) is 12.8 Å². The van der Waals surface area contributed by atoms with Crippen molar-refractivity contribution in [1.82, 2.24) is 9.97 Å². The first kappa shape index (κ1) is 8.90. The van der Waals surface area contributed by atoms with Crippen molar-refractivity contribution in [3.8, 4) is 0 Å². The zero-order valence-corrected chi connectivity index (χ0v) is 8.53. The summed E-state index contributed by atoms with van der Waals surface area (Å²) in [5, 5.41) is 12.3. The molecule has 1 aliphatic rings. The molecule has 0 aliphatic heterocycles. The summed E-state index contributed by atoms with van der Waals surface area (Å²) in [6.45, 7) is 0. The summed E-state index contributed by atoms with van der Waals surface area (Å²) in [7, 11) is 0. The normalized spacial score (nSPS) is 26.6. The standard InChI is InChI=1S/C8H10BrN3O/c9-7-3-10-4-11-8(7)12-5-1-6(13)2-5/h3-6,13H,1-2H2,(H,10,11,12). The van der Waals surface area contributed by atoms with Gasteiger partial charge in [0.05, 0.1) is 10.6 Å². The number of halogens is 1. The number of hydrogen-bond acceptors (Lipinski definition) is 4. The van der Waals surface area contributed by atoms with Crippen LogP contribution in [0.3, 0.4) is 0 Å². The van der Waals surface area contributed by atoms with Crippen LogP contribution in [0.15, 0.2) is 17.0 Å². The van der Waals surface area contributed by atoms with Crippen LogP contribution in [-0.4, -0.2) is 27.2 Å². The molecule has 1 fully saturated rings. The van der Waals surface area contributed by atoms with E-state index in [1.54, 1.807) is 6.20 Å². The maximum absolute atomic E-state index is 9.08. The maximum Gasteiger partial charge on any atom is 0.143 e. The van der Waals surface area contributed by atoms with E-state index in [9.17, 15) is 0 Å². The fourth-order valence-electron chi connectivity index (χ4n) is 1.32. The third-order valence-corrected chi connectivity index (χ3v) is 2.70. The predicted molar refractivity (Wildman–Crippen MR) is 52.4 cm³/mol. The molecule has 2 rings (SSSR count). The molecule has 13 heavy (non-hydrogen) atoms. The molecule has 0 spiro atoms. The van der Waals surface area contributed by atoms with Gasteiger partial charge >= 0.3 is 0 Å². The lowest BCUT2D eigenvalue weighted by Crippen LogP contribution is -2.39. The molecule has 2 N–H and O–H groups in total. The van der Waals surface area contributed by atoms with Crippen molar-refractivity contribution in [2.24, 2.45) is 0 Å². The Bertz CT molecular complexity index is 301. The molecular formula is C8H10BrN3O. The summed E-state index contributed by atoms with van der Waals surface area (Å²) in [6, 6.07) is 0.348. The molecule has 1 aromatic heterocycles. The smallest absolute Gasteiger partial charge is 0.143 e. The molecule has 0 unspecified atom stereocenters. The fourth-order valence-corrected chi connectivity index (χ4v) is 1.65. The van der Waals surface area contributed by atoms with Crippen LogP contribution < -0.4 is 5.32 Å². The van der Waals surface area contributed by atoms with Crippen LogP contribution in [0.25, 0.3) is 0 Å². The Balaban J connectivity index is 1.98. The van der Waals surface area contributed by atoms with Crippen LogP contribution in [0.2, 0.25) is 0 Å². The van der Waals surface area contributed by atoms with Gasteiger partial charge in [0.25, 0.3) is 0 Å². The lowest BCUT2D eigenvalue weighted by atomic mass is 9.89. The zero-order chi connectivity index (χ0) is 9.26. The molecule has 5 heteroatoms. The lowest BCUT2D eigenvalue weighted by Gasteiger charge is -2.32. The highest BCUT2D eigenvalue weighted by Crippen LogP contribution is 2.26. The molecule has 1 aliphatic carbocycles. The van der Waals surface area contributed by atoms with Crippen LogP contribution in [0.5, 0.6) is 0 Å². The topological polar surface area (TPSA) is 58.0 Å². The number of anilines is 1. The van der Waals surface area contributed by atoms with E-state index in [4.69, 9.17) is 5.11 Å². The van der Waals surface area contributed by atoms with E-state index in [1.165, 1.54) is 6.33 Å². The molecule has 1 aromatic rings. The van der Waals surface area contributed by atoms with Crippen LogP contribution in [0.4, 0.5) is 5.82 Å². The first-order chi connectivity index (χ1) is 6.25. The zero-order valence-electron chi connectivity index (χ0n) is 6.94. The number of hydrogen-bond donors (Lipinski definition) is 2. The molecule has 0 bridgehead atoms. The summed E-state index contributed by atoms with van der Waals surface area (Å²) in [5.41, 5.74) is 0. The van der Waals surface area contributed by atoms with Crippen LogP contribution in [-0.2, 0) is 0 Å². The highest BCUT2D eigenvalue weighted by molar-refractivity contribution is 9.10. The van der Waals surface area contributed by atoms with Crippen molar-refractivity contribution in [3.63, 3.8) is 0 Å². The number of nitrogens with one attached hydrogen (secondary N) is 1. The third-order valence-electron chi connectivity index (χ3n) is 2.12. The van der Waals surface area contributed by atoms with Gasteiger partial charge in [0.1, 0.15) is 12.1 Å². The van der Waals surface area contributed by atoms with E-state index in [2.05, 4.69) is 31.2 Å². The average Bonchev–Trinajstić information content (AvgIpc) is 2.06. The van der Waals surface area contributed by atoms with Gasteiger partial charge in [-0.15, -0.1) is 0 Å². The van der Waals surface area contributed by atoms with E-state index in [1.807, 2.05) is 0 Å². The van der Waals surface area contributed by atoms with Crippen LogP contribution >= 0.6 is 15.9 Å². The molecule has 0 aromatic carbocycles. The van der Waals surface area contributed by atoms with Gasteiger partial charge < -0.3 is 10.4 Å². The maximum atomic E-state index is 9.08. The summed E-state index contributed by atoms with van der Waals surface area (Å²) >= 11 is 3.34. The van der Waals surface area contributed by atoms with Crippen molar-refractivity contribution in [2.45, 2.75) is 25.0 Å². The quantitative estimate of drug-likeness (QED) is 0.819. The summed E-state index contributed by atoms with van der Waals surface area (Å²) in [6.07, 6.45) is 4.66. The van der Waals surface area contributed by atoms with Gasteiger partial charge in [-0.05, 0) is 28.8 Å². The SMILES string of the molecule is OC1CC(Nc2ncncc2Br)C1. The molecule has 0 atom stereocenters. The number of aliphatic hydroxyl groups is 1. The van der Waals surface area contributed by atoms with Crippen molar-refractivity contribution >= 4 is 21.7 Å². The number of aliphatic hydroxyl groups excluding tert-OH is 1. The van der Waals surface area contributed by atoms with E-state index in [-0.39, 0.29) is 6.10 Å². The molecule has 0 amide bonds. The van der Waals surface area contributed by atoms with Gasteiger partial charge in [0.15, 0.2) is 0 Å². The van der Waals surface area contributed by atoms with E-state index < -0.39 is 0 Å². The first-order valence-corrected chi connectivity index (χ1v) is 4.95.